The van der Waals surface area contributed by atoms with Crippen LogP contribution in [0, 0.1) is 11.8 Å². The molecule has 1 heterocycles. The lowest BCUT2D eigenvalue weighted by molar-refractivity contribution is -0.141. The molecule has 1 unspecified atom stereocenters. The number of nitrogens with zero attached hydrogens (tertiary/aromatic N) is 1. The largest absolute Gasteiger partial charge is 0.490 e. The number of hydrogen-bond acceptors (Lipinski definition) is 3. The Kier molecular flexibility index (Phi) is 6.67. The molecule has 1 atom stereocenters. The van der Waals surface area contributed by atoms with Gasteiger partial charge in [-0.3, -0.25) is 9.78 Å². The Morgan fingerprint density at radius 1 is 1.17 bits per heavy atom. The Bertz CT molecular complexity index is 835. The summed E-state index contributed by atoms with van der Waals surface area (Å²) in [5.41, 5.74) is -0.266. The molecule has 0 radical (unpaired) electrons. The van der Waals surface area contributed by atoms with Crippen molar-refractivity contribution in [3.63, 3.8) is 0 Å². The van der Waals surface area contributed by atoms with E-state index in [1.165, 1.54) is 6.07 Å². The maximum Gasteiger partial charge on any atom is 0.433 e. The Labute approximate surface area is 172 Å². The standard InChI is InChI=1S/C21H22ClF3N2O2/c1-13(20(28)27-16-6-4-15(22)5-7-16)14-2-8-17(9-3-14)29-18-10-11-26-19(12-18)21(23,24)25/h4-7,10-14,17H,2-3,8-9H2,1H3,(H,27,28). The molecule has 29 heavy (non-hydrogen) atoms. The van der Waals surface area contributed by atoms with E-state index in [0.29, 0.717) is 23.6 Å². The quantitative estimate of drug-likeness (QED) is 0.641. The second-order valence-corrected chi connectivity index (χ2v) is 7.75. The molecule has 3 rings (SSSR count). The Hall–Kier alpha value is -2.28. The van der Waals surface area contributed by atoms with Gasteiger partial charge in [0.2, 0.25) is 5.91 Å². The first kappa shape index (κ1) is 21.4. The van der Waals surface area contributed by atoms with Gasteiger partial charge in [-0.1, -0.05) is 18.5 Å². The summed E-state index contributed by atoms with van der Waals surface area (Å²) >= 11 is 5.85. The number of carbonyl (C=O) groups excluding carboxylic acids is 1. The highest BCUT2D eigenvalue weighted by Gasteiger charge is 2.33. The number of aromatic nitrogens is 1. The minimum atomic E-state index is -4.50. The van der Waals surface area contributed by atoms with Gasteiger partial charge in [-0.25, -0.2) is 0 Å². The predicted octanol–water partition coefficient (Wildman–Crippen LogP) is 5.97. The second-order valence-electron chi connectivity index (χ2n) is 7.31. The van der Waals surface area contributed by atoms with E-state index in [0.717, 1.165) is 25.1 Å². The maximum absolute atomic E-state index is 12.8. The third-order valence-electron chi connectivity index (χ3n) is 5.28. The maximum atomic E-state index is 12.8. The number of nitrogens with one attached hydrogen (secondary N) is 1. The molecule has 0 aliphatic heterocycles. The van der Waals surface area contributed by atoms with E-state index < -0.39 is 11.9 Å². The molecule has 2 aromatic rings. The molecule has 1 fully saturated rings. The molecular formula is C21H22ClF3N2O2. The number of alkyl halides is 3. The summed E-state index contributed by atoms with van der Waals surface area (Å²) in [5, 5.41) is 3.50. The van der Waals surface area contributed by atoms with E-state index in [1.807, 2.05) is 6.92 Å². The van der Waals surface area contributed by atoms with E-state index in [1.54, 1.807) is 24.3 Å². The molecule has 1 N–H and O–H groups in total. The average Bonchev–Trinajstić information content (AvgIpc) is 2.69. The van der Waals surface area contributed by atoms with Crippen LogP contribution in [0.15, 0.2) is 42.6 Å². The molecule has 0 spiro atoms. The number of pyridine rings is 1. The molecule has 4 nitrogen and oxygen atoms in total. The van der Waals surface area contributed by atoms with E-state index in [2.05, 4.69) is 10.3 Å². The number of anilines is 1. The summed E-state index contributed by atoms with van der Waals surface area (Å²) in [4.78, 5) is 15.9. The zero-order chi connectivity index (χ0) is 21.0. The van der Waals surface area contributed by atoms with Crippen molar-refractivity contribution in [2.24, 2.45) is 11.8 Å². The van der Waals surface area contributed by atoms with Gasteiger partial charge in [0.25, 0.3) is 0 Å². The van der Waals surface area contributed by atoms with Crippen LogP contribution in [0.5, 0.6) is 5.75 Å². The van der Waals surface area contributed by atoms with Crippen molar-refractivity contribution in [2.75, 3.05) is 5.32 Å². The Morgan fingerprint density at radius 3 is 2.45 bits per heavy atom. The third kappa shape index (κ3) is 5.85. The van der Waals surface area contributed by atoms with Gasteiger partial charge in [-0.2, -0.15) is 13.2 Å². The number of benzene rings is 1. The van der Waals surface area contributed by atoms with Gasteiger partial charge in [-0.05, 0) is 61.9 Å². The number of carbonyl (C=O) groups is 1. The van der Waals surface area contributed by atoms with Crippen molar-refractivity contribution in [1.82, 2.24) is 4.98 Å². The van der Waals surface area contributed by atoms with Gasteiger partial charge in [0.1, 0.15) is 11.4 Å². The second kappa shape index (κ2) is 9.03. The molecule has 8 heteroatoms. The predicted molar refractivity (Wildman–Crippen MR) is 105 cm³/mol. The molecule has 1 aromatic heterocycles. The van der Waals surface area contributed by atoms with Gasteiger partial charge in [0.05, 0.1) is 6.10 Å². The van der Waals surface area contributed by atoms with Gasteiger partial charge in [0, 0.05) is 28.9 Å². The van der Waals surface area contributed by atoms with Crippen LogP contribution in [0.2, 0.25) is 5.02 Å². The smallest absolute Gasteiger partial charge is 0.433 e. The molecule has 0 saturated heterocycles. The molecule has 0 bridgehead atoms. The third-order valence-corrected chi connectivity index (χ3v) is 5.53. The first-order valence-corrected chi connectivity index (χ1v) is 9.86. The minimum absolute atomic E-state index is 0.0550. The lowest BCUT2D eigenvalue weighted by Crippen LogP contribution is -2.32. The Morgan fingerprint density at radius 2 is 1.83 bits per heavy atom. The highest BCUT2D eigenvalue weighted by atomic mass is 35.5. The summed E-state index contributed by atoms with van der Waals surface area (Å²) < 4.78 is 44.1. The SMILES string of the molecule is CC(C(=O)Nc1ccc(Cl)cc1)C1CCC(Oc2ccnc(C(F)(F)F)c2)CC1. The summed E-state index contributed by atoms with van der Waals surface area (Å²) in [5.74, 6) is 0.139. The van der Waals surface area contributed by atoms with Crippen LogP contribution in [-0.2, 0) is 11.0 Å². The van der Waals surface area contributed by atoms with Crippen molar-refractivity contribution >= 4 is 23.2 Å². The molecule has 1 aliphatic carbocycles. The lowest BCUT2D eigenvalue weighted by atomic mass is 9.79. The molecular weight excluding hydrogens is 405 g/mol. The molecule has 156 valence electrons. The summed E-state index contributed by atoms with van der Waals surface area (Å²) in [6.07, 6.45) is -0.633. The van der Waals surface area contributed by atoms with Crippen LogP contribution >= 0.6 is 11.6 Å². The summed E-state index contributed by atoms with van der Waals surface area (Å²) in [6.45, 7) is 1.90. The summed E-state index contributed by atoms with van der Waals surface area (Å²) in [7, 11) is 0. The monoisotopic (exact) mass is 426 g/mol. The van der Waals surface area contributed by atoms with Gasteiger partial charge in [0.15, 0.2) is 0 Å². The number of hydrogen-bond donors (Lipinski definition) is 1. The number of ether oxygens (including phenoxy) is 1. The number of amides is 1. The normalized spacial score (nSPS) is 20.7. The van der Waals surface area contributed by atoms with Crippen LogP contribution < -0.4 is 10.1 Å². The highest BCUT2D eigenvalue weighted by molar-refractivity contribution is 6.30. The molecule has 1 saturated carbocycles. The first-order chi connectivity index (χ1) is 13.7. The highest BCUT2D eigenvalue weighted by Crippen LogP contribution is 2.34. The van der Waals surface area contributed by atoms with Crippen LogP contribution in [0.3, 0.4) is 0 Å². The zero-order valence-corrected chi connectivity index (χ0v) is 16.6. The molecule has 1 aromatic carbocycles. The fourth-order valence-electron chi connectivity index (χ4n) is 3.54. The van der Waals surface area contributed by atoms with Crippen molar-refractivity contribution in [1.29, 1.82) is 0 Å². The summed E-state index contributed by atoms with van der Waals surface area (Å²) in [6, 6.07) is 9.29. The minimum Gasteiger partial charge on any atom is -0.490 e. The van der Waals surface area contributed by atoms with E-state index in [-0.39, 0.29) is 29.6 Å². The number of halogens is 4. The van der Waals surface area contributed by atoms with E-state index in [4.69, 9.17) is 16.3 Å². The van der Waals surface area contributed by atoms with Crippen molar-refractivity contribution in [3.05, 3.63) is 53.3 Å². The fourth-order valence-corrected chi connectivity index (χ4v) is 3.67. The van der Waals surface area contributed by atoms with Crippen LogP contribution in [0.4, 0.5) is 18.9 Å². The fraction of sp³-hybridized carbons (Fsp3) is 0.429. The van der Waals surface area contributed by atoms with Crippen molar-refractivity contribution in [2.45, 2.75) is 44.9 Å². The van der Waals surface area contributed by atoms with Crippen molar-refractivity contribution in [3.8, 4) is 5.75 Å². The zero-order valence-electron chi connectivity index (χ0n) is 15.9. The van der Waals surface area contributed by atoms with Gasteiger partial charge >= 0.3 is 6.18 Å². The first-order valence-electron chi connectivity index (χ1n) is 9.48. The number of rotatable bonds is 5. The Balaban J connectivity index is 1.51. The average molecular weight is 427 g/mol. The van der Waals surface area contributed by atoms with Gasteiger partial charge < -0.3 is 10.1 Å². The van der Waals surface area contributed by atoms with Crippen LogP contribution in [-0.4, -0.2) is 17.0 Å². The molecule has 1 amide bonds. The van der Waals surface area contributed by atoms with E-state index >= 15 is 0 Å². The van der Waals surface area contributed by atoms with E-state index in [9.17, 15) is 18.0 Å². The van der Waals surface area contributed by atoms with Crippen molar-refractivity contribution < 1.29 is 22.7 Å². The van der Waals surface area contributed by atoms with Crippen LogP contribution in [0.1, 0.15) is 38.3 Å². The van der Waals surface area contributed by atoms with Crippen LogP contribution in [0.25, 0.3) is 0 Å². The lowest BCUT2D eigenvalue weighted by Gasteiger charge is -2.32. The molecule has 1 aliphatic rings. The van der Waals surface area contributed by atoms with Gasteiger partial charge in [-0.15, -0.1) is 0 Å². The topological polar surface area (TPSA) is 51.2 Å².